The maximum atomic E-state index is 12.4. The van der Waals surface area contributed by atoms with Crippen LogP contribution in [-0.2, 0) is 0 Å². The highest BCUT2D eigenvalue weighted by atomic mass is 32.1. The second-order valence-electron chi connectivity index (χ2n) is 5.51. The molecule has 1 saturated heterocycles. The Kier molecular flexibility index (Phi) is 2.90. The fourth-order valence-electron chi connectivity index (χ4n) is 3.35. The Morgan fingerprint density at radius 1 is 1.39 bits per heavy atom. The van der Waals surface area contributed by atoms with E-state index in [1.54, 1.807) is 11.3 Å². The Labute approximate surface area is 111 Å². The number of carbonyl (C=O) groups is 1. The summed E-state index contributed by atoms with van der Waals surface area (Å²) >= 11 is 1.59. The van der Waals surface area contributed by atoms with Crippen molar-refractivity contribution < 1.29 is 4.79 Å². The molecule has 1 amide bonds. The molecule has 3 rings (SSSR count). The molecule has 0 radical (unpaired) electrons. The summed E-state index contributed by atoms with van der Waals surface area (Å²) in [7, 11) is 0. The number of fused-ring (bicyclic) bond motifs is 1. The van der Waals surface area contributed by atoms with Gasteiger partial charge >= 0.3 is 0 Å². The van der Waals surface area contributed by atoms with Gasteiger partial charge in [-0.1, -0.05) is 0 Å². The molecule has 2 N–H and O–H groups in total. The Hall–Kier alpha value is -0.940. The van der Waals surface area contributed by atoms with Gasteiger partial charge in [-0.25, -0.2) is 4.98 Å². The third kappa shape index (κ3) is 1.86. The van der Waals surface area contributed by atoms with Crippen LogP contribution >= 0.6 is 11.3 Å². The van der Waals surface area contributed by atoms with Gasteiger partial charge < -0.3 is 10.6 Å². The van der Waals surface area contributed by atoms with E-state index < -0.39 is 0 Å². The molecule has 1 aromatic rings. The van der Waals surface area contributed by atoms with Crippen molar-refractivity contribution in [1.29, 1.82) is 0 Å². The first-order valence-electron chi connectivity index (χ1n) is 6.55. The van der Waals surface area contributed by atoms with Crippen molar-refractivity contribution in [3.63, 3.8) is 0 Å². The number of hydrogen-bond donors (Lipinski definition) is 1. The number of thiazole rings is 1. The Bertz CT molecular complexity index is 485. The maximum absolute atomic E-state index is 12.4. The van der Waals surface area contributed by atoms with Crippen molar-refractivity contribution in [3.8, 4) is 0 Å². The van der Waals surface area contributed by atoms with E-state index in [0.29, 0.717) is 17.5 Å². The fourth-order valence-corrected chi connectivity index (χ4v) is 4.16. The van der Waals surface area contributed by atoms with Gasteiger partial charge in [0.15, 0.2) is 0 Å². The highest BCUT2D eigenvalue weighted by Crippen LogP contribution is 2.37. The first-order valence-corrected chi connectivity index (χ1v) is 7.37. The Morgan fingerprint density at radius 3 is 2.78 bits per heavy atom. The summed E-state index contributed by atoms with van der Waals surface area (Å²) in [5.41, 5.74) is 6.75. The minimum absolute atomic E-state index is 0.0958. The van der Waals surface area contributed by atoms with Crippen LogP contribution in [0.4, 0.5) is 0 Å². The largest absolute Gasteiger partial charge is 0.337 e. The zero-order valence-electron chi connectivity index (χ0n) is 10.8. The average Bonchev–Trinajstić information content (AvgIpc) is 2.96. The molecule has 3 atom stereocenters. The van der Waals surface area contributed by atoms with Gasteiger partial charge in [0.25, 0.3) is 5.91 Å². The summed E-state index contributed by atoms with van der Waals surface area (Å²) in [4.78, 5) is 19.8. The van der Waals surface area contributed by atoms with E-state index in [4.69, 9.17) is 5.73 Å². The van der Waals surface area contributed by atoms with Crippen molar-refractivity contribution in [2.24, 2.45) is 17.6 Å². The van der Waals surface area contributed by atoms with Crippen LogP contribution in [0, 0.1) is 25.7 Å². The van der Waals surface area contributed by atoms with Crippen LogP contribution in [0.2, 0.25) is 0 Å². The molecule has 0 spiro atoms. The zero-order valence-corrected chi connectivity index (χ0v) is 11.7. The molecule has 1 saturated carbocycles. The molecule has 0 aromatic carbocycles. The summed E-state index contributed by atoms with van der Waals surface area (Å²) in [6, 6.07) is 0.283. The third-order valence-electron chi connectivity index (χ3n) is 4.31. The molecule has 2 aliphatic rings. The molecule has 2 fully saturated rings. The summed E-state index contributed by atoms with van der Waals surface area (Å²) in [6.45, 7) is 5.61. The van der Waals surface area contributed by atoms with E-state index in [1.165, 1.54) is 6.42 Å². The molecule has 1 aliphatic heterocycles. The van der Waals surface area contributed by atoms with Crippen LogP contribution in [0.5, 0.6) is 0 Å². The molecule has 1 aromatic heterocycles. The second-order valence-corrected chi connectivity index (χ2v) is 6.92. The first kappa shape index (κ1) is 12.1. The molecule has 98 valence electrons. The van der Waals surface area contributed by atoms with E-state index in [9.17, 15) is 4.79 Å². The van der Waals surface area contributed by atoms with Gasteiger partial charge in [-0.05, 0) is 38.5 Å². The van der Waals surface area contributed by atoms with Gasteiger partial charge in [-0.3, -0.25) is 4.79 Å². The van der Waals surface area contributed by atoms with Gasteiger partial charge in [0.2, 0.25) is 0 Å². The molecular formula is C13H19N3OS. The number of carbonyl (C=O) groups excluding carboxylic acids is 1. The van der Waals surface area contributed by atoms with Crippen molar-refractivity contribution in [1.82, 2.24) is 9.88 Å². The van der Waals surface area contributed by atoms with Gasteiger partial charge in [0.1, 0.15) is 5.69 Å². The average molecular weight is 265 g/mol. The predicted molar refractivity (Wildman–Crippen MR) is 71.7 cm³/mol. The number of nitrogens with two attached hydrogens (primary N) is 1. The number of nitrogens with zero attached hydrogens (tertiary/aromatic N) is 2. The Balaban J connectivity index is 1.77. The highest BCUT2D eigenvalue weighted by Gasteiger charge is 2.43. The number of rotatable bonds is 1. The van der Waals surface area contributed by atoms with Gasteiger partial charge in [0.05, 0.1) is 5.01 Å². The van der Waals surface area contributed by atoms with Crippen molar-refractivity contribution in [2.75, 3.05) is 13.1 Å². The molecule has 18 heavy (non-hydrogen) atoms. The monoisotopic (exact) mass is 265 g/mol. The second kappa shape index (κ2) is 4.31. The van der Waals surface area contributed by atoms with Crippen LogP contribution in [0.25, 0.3) is 0 Å². The standard InChI is InChI=1S/C13H19N3OS/c1-7-12(15-8(2)18-7)13(17)16-5-9-3-4-11(14)10(9)6-16/h9-11H,3-6,14H2,1-2H3. The lowest BCUT2D eigenvalue weighted by Crippen LogP contribution is -2.33. The van der Waals surface area contributed by atoms with Crippen molar-refractivity contribution >= 4 is 17.2 Å². The summed E-state index contributed by atoms with van der Waals surface area (Å²) in [6.07, 6.45) is 2.29. The number of aromatic nitrogens is 1. The summed E-state index contributed by atoms with van der Waals surface area (Å²) in [5.74, 6) is 1.22. The van der Waals surface area contributed by atoms with E-state index in [-0.39, 0.29) is 11.9 Å². The predicted octanol–water partition coefficient (Wildman–Crippen LogP) is 1.57. The van der Waals surface area contributed by atoms with Crippen LogP contribution in [0.3, 0.4) is 0 Å². The van der Waals surface area contributed by atoms with Crippen LogP contribution < -0.4 is 5.73 Å². The van der Waals surface area contributed by atoms with Crippen LogP contribution in [0.15, 0.2) is 0 Å². The van der Waals surface area contributed by atoms with Crippen LogP contribution in [0.1, 0.15) is 33.2 Å². The minimum atomic E-state index is 0.0958. The van der Waals surface area contributed by atoms with Crippen molar-refractivity contribution in [2.45, 2.75) is 32.7 Å². The van der Waals surface area contributed by atoms with Crippen LogP contribution in [-0.4, -0.2) is 34.9 Å². The molecule has 4 nitrogen and oxygen atoms in total. The lowest BCUT2D eigenvalue weighted by Gasteiger charge is -2.18. The van der Waals surface area contributed by atoms with E-state index >= 15 is 0 Å². The van der Waals surface area contributed by atoms with E-state index in [1.807, 2.05) is 18.7 Å². The van der Waals surface area contributed by atoms with Gasteiger partial charge in [-0.2, -0.15) is 0 Å². The molecule has 0 bridgehead atoms. The lowest BCUT2D eigenvalue weighted by atomic mass is 9.98. The molecular weight excluding hydrogens is 246 g/mol. The van der Waals surface area contributed by atoms with Gasteiger partial charge in [-0.15, -0.1) is 11.3 Å². The number of aryl methyl sites for hydroxylation is 2. The molecule has 2 heterocycles. The molecule has 3 unspecified atom stereocenters. The first-order chi connectivity index (χ1) is 8.56. The number of amides is 1. The van der Waals surface area contributed by atoms with E-state index in [2.05, 4.69) is 4.98 Å². The highest BCUT2D eigenvalue weighted by molar-refractivity contribution is 7.11. The number of hydrogen-bond acceptors (Lipinski definition) is 4. The zero-order chi connectivity index (χ0) is 12.9. The SMILES string of the molecule is Cc1nc(C(=O)N2CC3CCC(N)C3C2)c(C)s1. The maximum Gasteiger partial charge on any atom is 0.273 e. The Morgan fingerprint density at radius 2 is 2.17 bits per heavy atom. The normalized spacial score (nSPS) is 30.8. The quantitative estimate of drug-likeness (QED) is 0.838. The summed E-state index contributed by atoms with van der Waals surface area (Å²) in [5, 5.41) is 0.965. The number of likely N-dealkylation sites (tertiary alicyclic amines) is 1. The fraction of sp³-hybridized carbons (Fsp3) is 0.692. The molecule has 5 heteroatoms. The molecule has 1 aliphatic carbocycles. The smallest absolute Gasteiger partial charge is 0.273 e. The lowest BCUT2D eigenvalue weighted by molar-refractivity contribution is 0.0773. The topological polar surface area (TPSA) is 59.2 Å². The van der Waals surface area contributed by atoms with Gasteiger partial charge in [0, 0.05) is 24.0 Å². The van der Waals surface area contributed by atoms with Crippen molar-refractivity contribution in [3.05, 3.63) is 15.6 Å². The summed E-state index contributed by atoms with van der Waals surface area (Å²) < 4.78 is 0. The van der Waals surface area contributed by atoms with E-state index in [0.717, 1.165) is 29.4 Å². The third-order valence-corrected chi connectivity index (χ3v) is 5.19. The minimum Gasteiger partial charge on any atom is -0.337 e.